The van der Waals surface area contributed by atoms with E-state index in [1.54, 1.807) is 6.08 Å². The van der Waals surface area contributed by atoms with Crippen molar-refractivity contribution in [2.24, 2.45) is 0 Å². The van der Waals surface area contributed by atoms with Crippen molar-refractivity contribution in [3.05, 3.63) is 12.7 Å². The van der Waals surface area contributed by atoms with Crippen LogP contribution in [0.4, 0.5) is 0 Å². The van der Waals surface area contributed by atoms with Gasteiger partial charge in [0.05, 0.1) is 6.61 Å². The Kier molecular flexibility index (Phi) is 13.5. The molecule has 0 aromatic rings. The second kappa shape index (κ2) is 14.2. The maximum absolute atomic E-state index is 5.30. The molecule has 0 rings (SSSR count). The van der Waals surface area contributed by atoms with E-state index in [1.807, 2.05) is 0 Å². The molecule has 0 saturated heterocycles. The maximum Gasteiger partial charge on any atom is 0.107 e. The number of ether oxygens (including phenoxy) is 2. The fourth-order valence-electron chi connectivity index (χ4n) is 1.41. The lowest BCUT2D eigenvalue weighted by molar-refractivity contribution is 0.155. The van der Waals surface area contributed by atoms with Crippen molar-refractivity contribution >= 4 is 0 Å². The topological polar surface area (TPSA) is 18.5 Å². The first-order valence-electron chi connectivity index (χ1n) is 6.11. The van der Waals surface area contributed by atoms with Gasteiger partial charge in [-0.25, -0.2) is 0 Å². The quantitative estimate of drug-likeness (QED) is 0.288. The Balaban J connectivity index is 2.88. The lowest BCUT2D eigenvalue weighted by Gasteiger charge is -2.02. The molecule has 0 aliphatic heterocycles. The van der Waals surface area contributed by atoms with Crippen LogP contribution in [0.25, 0.3) is 0 Å². The van der Waals surface area contributed by atoms with Crippen molar-refractivity contribution in [3.8, 4) is 12.3 Å². The molecule has 0 aromatic carbocycles. The van der Waals surface area contributed by atoms with Gasteiger partial charge in [0.2, 0.25) is 0 Å². The molecule has 2 nitrogen and oxygen atoms in total. The van der Waals surface area contributed by atoms with Crippen LogP contribution in [0.2, 0.25) is 0 Å². The van der Waals surface area contributed by atoms with E-state index < -0.39 is 0 Å². The Morgan fingerprint density at radius 2 is 1.50 bits per heavy atom. The molecule has 0 aliphatic rings. The van der Waals surface area contributed by atoms with Gasteiger partial charge in [0.15, 0.2) is 0 Å². The van der Waals surface area contributed by atoms with Gasteiger partial charge in [0.25, 0.3) is 0 Å². The molecular formula is C14H24O2. The Bertz CT molecular complexity index is 182. The van der Waals surface area contributed by atoms with Crippen molar-refractivity contribution < 1.29 is 9.47 Å². The van der Waals surface area contributed by atoms with Gasteiger partial charge < -0.3 is 9.47 Å². The Hall–Kier alpha value is -0.780. The average Bonchev–Trinajstić information content (AvgIpc) is 2.31. The van der Waals surface area contributed by atoms with Gasteiger partial charge in [0, 0.05) is 13.2 Å². The van der Waals surface area contributed by atoms with E-state index in [2.05, 4.69) is 12.5 Å². The summed E-state index contributed by atoms with van der Waals surface area (Å²) in [6.07, 6.45) is 14.2. The summed E-state index contributed by atoms with van der Waals surface area (Å²) in [5.41, 5.74) is 0. The maximum atomic E-state index is 5.30. The molecule has 0 fully saturated rings. The molecule has 0 spiro atoms. The molecular weight excluding hydrogens is 200 g/mol. The molecule has 0 aliphatic carbocycles. The first-order valence-corrected chi connectivity index (χ1v) is 6.11. The number of hydrogen-bond acceptors (Lipinski definition) is 2. The molecule has 16 heavy (non-hydrogen) atoms. The van der Waals surface area contributed by atoms with E-state index >= 15 is 0 Å². The molecule has 0 aromatic heterocycles. The number of rotatable bonds is 12. The van der Waals surface area contributed by atoms with Gasteiger partial charge in [-0.2, -0.15) is 0 Å². The second-order valence-corrected chi connectivity index (χ2v) is 3.74. The van der Waals surface area contributed by atoms with Crippen LogP contribution in [-0.2, 0) is 9.47 Å². The van der Waals surface area contributed by atoms with Crippen molar-refractivity contribution in [3.63, 3.8) is 0 Å². The Morgan fingerprint density at radius 1 is 0.938 bits per heavy atom. The number of terminal acetylenes is 1. The predicted molar refractivity (Wildman–Crippen MR) is 68.4 cm³/mol. The lowest BCUT2D eigenvalue weighted by atomic mass is 10.1. The zero-order chi connectivity index (χ0) is 11.9. The van der Waals surface area contributed by atoms with E-state index in [9.17, 15) is 0 Å². The van der Waals surface area contributed by atoms with Gasteiger partial charge in [-0.3, -0.25) is 0 Å². The summed E-state index contributed by atoms with van der Waals surface area (Å²) in [4.78, 5) is 0. The SMILES string of the molecule is C#CCOCCCCCCCCOCC=C. The summed E-state index contributed by atoms with van der Waals surface area (Å²) in [6.45, 7) is 6.38. The van der Waals surface area contributed by atoms with Crippen LogP contribution in [0.1, 0.15) is 38.5 Å². The van der Waals surface area contributed by atoms with E-state index in [1.165, 1.54) is 25.7 Å². The summed E-state index contributed by atoms with van der Waals surface area (Å²) < 4.78 is 10.5. The van der Waals surface area contributed by atoms with Gasteiger partial charge in [-0.05, 0) is 12.8 Å². The third-order valence-electron chi connectivity index (χ3n) is 2.25. The van der Waals surface area contributed by atoms with Crippen LogP contribution in [0.15, 0.2) is 12.7 Å². The standard InChI is InChI=1S/C14H24O2/c1-3-11-15-13-9-7-5-6-8-10-14-16-12-4-2/h1,4H,2,5-14H2. The molecule has 0 heterocycles. The highest BCUT2D eigenvalue weighted by molar-refractivity contribution is 4.82. The third kappa shape index (κ3) is 13.2. The van der Waals surface area contributed by atoms with Crippen molar-refractivity contribution in [1.82, 2.24) is 0 Å². The summed E-state index contributed by atoms with van der Waals surface area (Å²) >= 11 is 0. The lowest BCUT2D eigenvalue weighted by Crippen LogP contribution is -1.95. The second-order valence-electron chi connectivity index (χ2n) is 3.74. The molecule has 0 N–H and O–H groups in total. The highest BCUT2D eigenvalue weighted by Gasteiger charge is 1.92. The highest BCUT2D eigenvalue weighted by atomic mass is 16.5. The molecule has 0 saturated carbocycles. The number of unbranched alkanes of at least 4 members (excludes halogenated alkanes) is 5. The minimum absolute atomic E-state index is 0.445. The monoisotopic (exact) mass is 224 g/mol. The van der Waals surface area contributed by atoms with Crippen LogP contribution in [-0.4, -0.2) is 26.4 Å². The van der Waals surface area contributed by atoms with E-state index in [0.29, 0.717) is 13.2 Å². The van der Waals surface area contributed by atoms with Crippen LogP contribution >= 0.6 is 0 Å². The molecule has 0 amide bonds. The fourth-order valence-corrected chi connectivity index (χ4v) is 1.41. The first-order chi connectivity index (χ1) is 7.91. The van der Waals surface area contributed by atoms with Crippen LogP contribution in [0.3, 0.4) is 0 Å². The molecule has 0 bridgehead atoms. The molecule has 2 heteroatoms. The normalized spacial score (nSPS) is 9.94. The zero-order valence-corrected chi connectivity index (χ0v) is 10.2. The van der Waals surface area contributed by atoms with E-state index in [-0.39, 0.29) is 0 Å². The van der Waals surface area contributed by atoms with Crippen molar-refractivity contribution in [2.45, 2.75) is 38.5 Å². The van der Waals surface area contributed by atoms with Gasteiger partial charge in [0.1, 0.15) is 6.61 Å². The molecule has 0 atom stereocenters. The summed E-state index contributed by atoms with van der Waals surface area (Å²) in [5.74, 6) is 2.46. The third-order valence-corrected chi connectivity index (χ3v) is 2.25. The van der Waals surface area contributed by atoms with Crippen LogP contribution in [0, 0.1) is 12.3 Å². The minimum Gasteiger partial charge on any atom is -0.377 e. The Morgan fingerprint density at radius 3 is 2.06 bits per heavy atom. The average molecular weight is 224 g/mol. The summed E-state index contributed by atoms with van der Waals surface area (Å²) in [6, 6.07) is 0. The summed E-state index contributed by atoms with van der Waals surface area (Å²) in [7, 11) is 0. The van der Waals surface area contributed by atoms with Crippen molar-refractivity contribution in [2.75, 3.05) is 26.4 Å². The Labute approximate surface area is 100 Å². The zero-order valence-electron chi connectivity index (χ0n) is 10.2. The highest BCUT2D eigenvalue weighted by Crippen LogP contribution is 2.05. The van der Waals surface area contributed by atoms with Crippen LogP contribution in [0.5, 0.6) is 0 Å². The molecule has 0 radical (unpaired) electrons. The van der Waals surface area contributed by atoms with Gasteiger partial charge in [-0.1, -0.05) is 37.7 Å². The van der Waals surface area contributed by atoms with Gasteiger partial charge >= 0.3 is 0 Å². The largest absolute Gasteiger partial charge is 0.377 e. The predicted octanol–water partition coefficient (Wildman–Crippen LogP) is 3.18. The van der Waals surface area contributed by atoms with Gasteiger partial charge in [-0.15, -0.1) is 13.0 Å². The van der Waals surface area contributed by atoms with E-state index in [0.717, 1.165) is 26.1 Å². The smallest absolute Gasteiger partial charge is 0.107 e. The molecule has 0 unspecified atom stereocenters. The fraction of sp³-hybridized carbons (Fsp3) is 0.714. The van der Waals surface area contributed by atoms with Crippen LogP contribution < -0.4 is 0 Å². The first kappa shape index (κ1) is 15.2. The van der Waals surface area contributed by atoms with E-state index in [4.69, 9.17) is 15.9 Å². The summed E-state index contributed by atoms with van der Waals surface area (Å²) in [5, 5.41) is 0. The number of hydrogen-bond donors (Lipinski definition) is 0. The molecule has 92 valence electrons. The van der Waals surface area contributed by atoms with Crippen molar-refractivity contribution in [1.29, 1.82) is 0 Å². The minimum atomic E-state index is 0.445.